The van der Waals surface area contributed by atoms with E-state index in [9.17, 15) is 4.79 Å². The van der Waals surface area contributed by atoms with Gasteiger partial charge in [-0.25, -0.2) is 0 Å². The highest BCUT2D eigenvalue weighted by Gasteiger charge is 2.28. The average Bonchev–Trinajstić information content (AvgIpc) is 3.00. The number of rotatable bonds is 4. The summed E-state index contributed by atoms with van der Waals surface area (Å²) in [4.78, 5) is 13.7. The number of benzene rings is 1. The Kier molecular flexibility index (Phi) is 4.92. The summed E-state index contributed by atoms with van der Waals surface area (Å²) in [6.45, 7) is 6.60. The number of hydrogen-bond acceptors (Lipinski definition) is 4. The second-order valence-corrected chi connectivity index (χ2v) is 6.90. The first-order valence-corrected chi connectivity index (χ1v) is 8.68. The molecular weight excluding hydrogens is 302 g/mol. The largest absolute Gasteiger partial charge is 0.351 e. The Morgan fingerprint density at radius 3 is 2.88 bits per heavy atom. The molecule has 2 aromatic rings. The first kappa shape index (κ1) is 16.6. The zero-order chi connectivity index (χ0) is 17.1. The number of tetrazole rings is 1. The molecule has 0 aliphatic heterocycles. The Bertz CT molecular complexity index is 711. The van der Waals surface area contributed by atoms with E-state index in [1.54, 1.807) is 0 Å². The van der Waals surface area contributed by atoms with Gasteiger partial charge in [-0.15, -0.1) is 10.2 Å². The summed E-state index contributed by atoms with van der Waals surface area (Å²) in [6.07, 6.45) is 3.48. The molecule has 1 aromatic carbocycles. The second-order valence-electron chi connectivity index (χ2n) is 6.90. The predicted molar refractivity (Wildman–Crippen MR) is 92.1 cm³/mol. The summed E-state index contributed by atoms with van der Waals surface area (Å²) in [7, 11) is 0. The first-order chi connectivity index (χ1) is 11.5. The molecule has 1 amide bonds. The van der Waals surface area contributed by atoms with Gasteiger partial charge in [-0.2, -0.15) is 4.80 Å². The van der Waals surface area contributed by atoms with Gasteiger partial charge in [0.25, 0.3) is 0 Å². The molecule has 6 nitrogen and oxygen atoms in total. The van der Waals surface area contributed by atoms with Crippen LogP contribution in [0.1, 0.15) is 38.7 Å². The minimum Gasteiger partial charge on any atom is -0.351 e. The van der Waals surface area contributed by atoms with Crippen molar-refractivity contribution in [2.75, 3.05) is 0 Å². The Hall–Kier alpha value is -2.24. The normalized spacial score (nSPS) is 23.9. The zero-order valence-corrected chi connectivity index (χ0v) is 14.6. The van der Waals surface area contributed by atoms with Crippen LogP contribution in [0.2, 0.25) is 0 Å². The maximum absolute atomic E-state index is 12.3. The maximum atomic E-state index is 12.3. The highest BCUT2D eigenvalue weighted by atomic mass is 16.2. The van der Waals surface area contributed by atoms with Gasteiger partial charge < -0.3 is 5.32 Å². The number of aryl methyl sites for hydroxylation is 1. The molecule has 24 heavy (non-hydrogen) atoms. The Labute approximate surface area is 142 Å². The molecule has 3 atom stereocenters. The zero-order valence-electron chi connectivity index (χ0n) is 14.6. The molecule has 1 aromatic heterocycles. The third-order valence-corrected chi connectivity index (χ3v) is 5.18. The van der Waals surface area contributed by atoms with Crippen LogP contribution in [0.5, 0.6) is 0 Å². The van der Waals surface area contributed by atoms with Gasteiger partial charge in [0.05, 0.1) is 0 Å². The van der Waals surface area contributed by atoms with Gasteiger partial charge in [0.1, 0.15) is 6.54 Å². The molecule has 1 aliphatic carbocycles. The number of aromatic nitrogens is 4. The molecule has 6 heteroatoms. The van der Waals surface area contributed by atoms with Crippen molar-refractivity contribution in [1.29, 1.82) is 0 Å². The lowest BCUT2D eigenvalue weighted by Crippen LogP contribution is -2.45. The quantitative estimate of drug-likeness (QED) is 0.937. The van der Waals surface area contributed by atoms with E-state index in [4.69, 9.17) is 0 Å². The van der Waals surface area contributed by atoms with Crippen molar-refractivity contribution >= 4 is 5.91 Å². The number of amides is 1. The fraction of sp³-hybridized carbons (Fsp3) is 0.556. The summed E-state index contributed by atoms with van der Waals surface area (Å²) >= 11 is 0. The van der Waals surface area contributed by atoms with Gasteiger partial charge in [-0.05, 0) is 36.0 Å². The Balaban J connectivity index is 1.62. The van der Waals surface area contributed by atoms with E-state index in [0.717, 1.165) is 17.5 Å². The number of carbonyl (C=O) groups is 1. The molecule has 1 aliphatic rings. The first-order valence-electron chi connectivity index (χ1n) is 8.68. The SMILES string of the molecule is Cc1ccccc1-c1nnn(CC(=O)N[C@H]2CCC[C@@H](C)[C@@H]2C)n1. The molecule has 1 N–H and O–H groups in total. The molecule has 1 heterocycles. The van der Waals surface area contributed by atoms with Crippen LogP contribution in [0.15, 0.2) is 24.3 Å². The molecule has 1 saturated carbocycles. The van der Waals surface area contributed by atoms with Crippen LogP contribution in [0, 0.1) is 18.8 Å². The van der Waals surface area contributed by atoms with Crippen molar-refractivity contribution in [3.63, 3.8) is 0 Å². The lowest BCUT2D eigenvalue weighted by atomic mass is 9.78. The van der Waals surface area contributed by atoms with E-state index in [-0.39, 0.29) is 18.5 Å². The summed E-state index contributed by atoms with van der Waals surface area (Å²) in [5, 5.41) is 15.6. The minimum atomic E-state index is -0.0466. The van der Waals surface area contributed by atoms with Crippen molar-refractivity contribution in [2.24, 2.45) is 11.8 Å². The fourth-order valence-corrected chi connectivity index (χ4v) is 3.41. The molecule has 0 spiro atoms. The van der Waals surface area contributed by atoms with Crippen molar-refractivity contribution < 1.29 is 4.79 Å². The van der Waals surface area contributed by atoms with E-state index in [1.807, 2.05) is 31.2 Å². The third-order valence-electron chi connectivity index (χ3n) is 5.18. The molecule has 1 fully saturated rings. The summed E-state index contributed by atoms with van der Waals surface area (Å²) in [5.41, 5.74) is 2.03. The maximum Gasteiger partial charge on any atom is 0.243 e. The Morgan fingerprint density at radius 2 is 2.08 bits per heavy atom. The lowest BCUT2D eigenvalue weighted by Gasteiger charge is -2.34. The molecule has 0 saturated heterocycles. The second kappa shape index (κ2) is 7.11. The minimum absolute atomic E-state index is 0.0466. The number of nitrogens with one attached hydrogen (secondary N) is 1. The van der Waals surface area contributed by atoms with Crippen LogP contribution >= 0.6 is 0 Å². The average molecular weight is 327 g/mol. The summed E-state index contributed by atoms with van der Waals surface area (Å²) in [5.74, 6) is 1.67. The monoisotopic (exact) mass is 327 g/mol. The van der Waals surface area contributed by atoms with Crippen LogP contribution in [-0.2, 0) is 11.3 Å². The molecule has 3 rings (SSSR count). The molecule has 0 unspecified atom stereocenters. The third kappa shape index (κ3) is 3.63. The topological polar surface area (TPSA) is 72.7 Å². The van der Waals surface area contributed by atoms with Gasteiger partial charge >= 0.3 is 0 Å². The van der Waals surface area contributed by atoms with Crippen LogP contribution in [0.3, 0.4) is 0 Å². The number of hydrogen-bond donors (Lipinski definition) is 1. The summed E-state index contributed by atoms with van der Waals surface area (Å²) in [6, 6.07) is 8.14. The Morgan fingerprint density at radius 1 is 1.29 bits per heavy atom. The predicted octanol–water partition coefficient (Wildman–Crippen LogP) is 2.59. The number of carbonyl (C=O) groups excluding carboxylic acids is 1. The van der Waals surface area contributed by atoms with E-state index in [1.165, 1.54) is 17.6 Å². The molecule has 128 valence electrons. The van der Waals surface area contributed by atoms with Gasteiger partial charge in [-0.3, -0.25) is 4.79 Å². The fourth-order valence-electron chi connectivity index (χ4n) is 3.41. The molecular formula is C18H25N5O. The van der Waals surface area contributed by atoms with Gasteiger partial charge in [-0.1, -0.05) is 51.0 Å². The van der Waals surface area contributed by atoms with E-state index >= 15 is 0 Å². The van der Waals surface area contributed by atoms with E-state index < -0.39 is 0 Å². The van der Waals surface area contributed by atoms with Gasteiger partial charge in [0, 0.05) is 11.6 Å². The van der Waals surface area contributed by atoms with Crippen molar-refractivity contribution in [2.45, 2.75) is 52.6 Å². The smallest absolute Gasteiger partial charge is 0.243 e. The summed E-state index contributed by atoms with van der Waals surface area (Å²) < 4.78 is 0. The van der Waals surface area contributed by atoms with E-state index in [2.05, 4.69) is 34.6 Å². The lowest BCUT2D eigenvalue weighted by molar-refractivity contribution is -0.123. The van der Waals surface area contributed by atoms with Crippen molar-refractivity contribution in [1.82, 2.24) is 25.5 Å². The van der Waals surface area contributed by atoms with Crippen LogP contribution < -0.4 is 5.32 Å². The van der Waals surface area contributed by atoms with Crippen LogP contribution in [0.25, 0.3) is 11.4 Å². The van der Waals surface area contributed by atoms with Crippen molar-refractivity contribution in [3.05, 3.63) is 29.8 Å². The van der Waals surface area contributed by atoms with Crippen LogP contribution in [0.4, 0.5) is 0 Å². The highest BCUT2D eigenvalue weighted by molar-refractivity contribution is 5.75. The van der Waals surface area contributed by atoms with Crippen LogP contribution in [-0.4, -0.2) is 32.2 Å². The van der Waals surface area contributed by atoms with E-state index in [0.29, 0.717) is 17.7 Å². The highest BCUT2D eigenvalue weighted by Crippen LogP contribution is 2.29. The van der Waals surface area contributed by atoms with Gasteiger partial charge in [0.15, 0.2) is 0 Å². The number of nitrogens with zero attached hydrogens (tertiary/aromatic N) is 4. The standard InChI is InChI=1S/C18H25N5O/c1-12-8-6-10-16(14(12)3)19-17(24)11-23-21-18(20-22-23)15-9-5-4-7-13(15)2/h4-5,7,9,12,14,16H,6,8,10-11H2,1-3H3,(H,19,24)/t12-,14+,16+/m1/s1. The molecule has 0 bridgehead atoms. The van der Waals surface area contributed by atoms with Crippen molar-refractivity contribution in [3.8, 4) is 11.4 Å². The molecule has 0 radical (unpaired) electrons. The van der Waals surface area contributed by atoms with Gasteiger partial charge in [0.2, 0.25) is 11.7 Å².